The molecular weight excluding hydrogens is 160 g/mol. The zero-order valence-electron chi connectivity index (χ0n) is 4.96. The van der Waals surface area contributed by atoms with E-state index in [0.29, 0.717) is 13.1 Å². The Labute approximate surface area is 61.8 Å². The highest BCUT2D eigenvalue weighted by molar-refractivity contribution is 6.61. The normalized spacial score (nSPS) is 16.9. The van der Waals surface area contributed by atoms with Gasteiger partial charge >= 0.3 is 11.5 Å². The molecule has 10 heavy (non-hydrogen) atoms. The molecule has 0 saturated carbocycles. The minimum Gasteiger partial charge on any atom is -0.334 e. The Hall–Kier alpha value is -0.970. The van der Waals surface area contributed by atoms with Crippen molar-refractivity contribution in [2.24, 2.45) is 0 Å². The summed E-state index contributed by atoms with van der Waals surface area (Å²) < 4.78 is 0. The van der Waals surface area contributed by atoms with E-state index in [9.17, 15) is 9.59 Å². The Bertz CT molecular complexity index is 172. The molecule has 2 amide bonds. The third kappa shape index (κ3) is 1.51. The third-order valence-electron chi connectivity index (χ3n) is 1.000. The van der Waals surface area contributed by atoms with Crippen molar-refractivity contribution in [3.63, 3.8) is 0 Å². The number of carbonyl (C=O) groups excluding carboxylic acids is 2. The maximum atomic E-state index is 10.6. The number of halogens is 1. The molecule has 0 aliphatic carbocycles. The van der Waals surface area contributed by atoms with E-state index in [-0.39, 0.29) is 0 Å². The number of carbonyl (C=O) groups is 2. The molecule has 1 saturated heterocycles. The third-order valence-corrected chi connectivity index (χ3v) is 1.07. The van der Waals surface area contributed by atoms with Crippen LogP contribution in [-0.4, -0.2) is 29.6 Å². The first-order chi connectivity index (χ1) is 4.70. The molecule has 1 aliphatic rings. The Morgan fingerprint density at radius 3 is 2.90 bits per heavy atom. The molecule has 1 N–H and O–H groups in total. The van der Waals surface area contributed by atoms with Gasteiger partial charge in [0, 0.05) is 18.1 Å². The summed E-state index contributed by atoms with van der Waals surface area (Å²) >= 11 is 4.84. The fraction of sp³-hybridized carbons (Fsp3) is 0.500. The molecule has 0 aromatic heterocycles. The highest BCUT2D eigenvalue weighted by Gasteiger charge is 2.22. The Kier molecular flexibility index (Phi) is 1.96. The zero-order valence-corrected chi connectivity index (χ0v) is 5.72. The van der Waals surface area contributed by atoms with Gasteiger partial charge in [-0.1, -0.05) is 0 Å². The molecule has 1 heterocycles. The molecule has 0 aromatic rings. The molecule has 5 nitrogen and oxygen atoms in total. The topological polar surface area (TPSA) is 58.6 Å². The molecule has 1 fully saturated rings. The first-order valence-corrected chi connectivity index (χ1v) is 3.01. The van der Waals surface area contributed by atoms with E-state index < -0.39 is 11.5 Å². The van der Waals surface area contributed by atoms with Crippen LogP contribution < -0.4 is 5.32 Å². The number of amides is 2. The van der Waals surface area contributed by atoms with Crippen molar-refractivity contribution >= 4 is 23.1 Å². The van der Waals surface area contributed by atoms with Gasteiger partial charge in [0.05, 0.1) is 6.54 Å². The van der Waals surface area contributed by atoms with Crippen molar-refractivity contribution in [3.8, 4) is 0 Å². The summed E-state index contributed by atoms with van der Waals surface area (Å²) in [5.41, 5.74) is -1.00. The molecule has 0 unspecified atom stereocenters. The second-order valence-corrected chi connectivity index (χ2v) is 1.97. The number of nitrogens with one attached hydrogen (secondary N) is 1. The van der Waals surface area contributed by atoms with E-state index in [4.69, 9.17) is 11.6 Å². The average Bonchev–Trinajstić information content (AvgIpc) is 2.15. The first kappa shape index (κ1) is 7.14. The van der Waals surface area contributed by atoms with Gasteiger partial charge in [-0.15, -0.1) is 0 Å². The predicted octanol–water partition coefficient (Wildman–Crippen LogP) is 0.302. The molecule has 0 radical (unpaired) electrons. The summed E-state index contributed by atoms with van der Waals surface area (Å²) in [7, 11) is 0. The number of hydrogen-bond acceptors (Lipinski definition) is 3. The first-order valence-electron chi connectivity index (χ1n) is 2.63. The molecule has 0 bridgehead atoms. The van der Waals surface area contributed by atoms with Gasteiger partial charge in [0.25, 0.3) is 0 Å². The maximum absolute atomic E-state index is 10.6. The second-order valence-electron chi connectivity index (χ2n) is 1.66. The number of hydroxylamine groups is 2. The van der Waals surface area contributed by atoms with E-state index in [1.54, 1.807) is 0 Å². The standard InChI is InChI=1S/C4H5ClN2O3/c5-3(8)10-7-2-1-6-4(7)9/h1-2H2,(H,6,9). The number of hydrogen-bond donors (Lipinski definition) is 1. The summed E-state index contributed by atoms with van der Waals surface area (Å²) in [6, 6.07) is -0.436. The Morgan fingerprint density at radius 2 is 2.50 bits per heavy atom. The predicted molar refractivity (Wildman–Crippen MR) is 32.4 cm³/mol. The number of urea groups is 1. The van der Waals surface area contributed by atoms with Crippen LogP contribution in [0.25, 0.3) is 0 Å². The van der Waals surface area contributed by atoms with Crippen molar-refractivity contribution in [3.05, 3.63) is 0 Å². The maximum Gasteiger partial charge on any atom is 0.428 e. The monoisotopic (exact) mass is 164 g/mol. The second kappa shape index (κ2) is 2.74. The molecule has 0 aromatic carbocycles. The summed E-state index contributed by atoms with van der Waals surface area (Å²) in [4.78, 5) is 24.9. The van der Waals surface area contributed by atoms with Crippen LogP contribution in [0, 0.1) is 0 Å². The molecule has 0 atom stereocenters. The van der Waals surface area contributed by atoms with Crippen molar-refractivity contribution < 1.29 is 14.4 Å². The van der Waals surface area contributed by atoms with E-state index in [0.717, 1.165) is 5.06 Å². The van der Waals surface area contributed by atoms with E-state index >= 15 is 0 Å². The lowest BCUT2D eigenvalue weighted by Gasteiger charge is -2.09. The summed E-state index contributed by atoms with van der Waals surface area (Å²) in [5.74, 6) is 0. The van der Waals surface area contributed by atoms with Crippen LogP contribution in [-0.2, 0) is 4.84 Å². The van der Waals surface area contributed by atoms with E-state index in [2.05, 4.69) is 10.2 Å². The van der Waals surface area contributed by atoms with Crippen LogP contribution in [0.1, 0.15) is 0 Å². The molecule has 6 heteroatoms. The van der Waals surface area contributed by atoms with Gasteiger partial charge in [-0.25, -0.2) is 9.59 Å². The zero-order chi connectivity index (χ0) is 7.56. The van der Waals surface area contributed by atoms with E-state index in [1.807, 2.05) is 0 Å². The van der Waals surface area contributed by atoms with Gasteiger partial charge in [-0.3, -0.25) is 0 Å². The van der Waals surface area contributed by atoms with Crippen molar-refractivity contribution in [1.29, 1.82) is 0 Å². The molecule has 1 rings (SSSR count). The van der Waals surface area contributed by atoms with Crippen LogP contribution >= 0.6 is 11.6 Å². The average molecular weight is 165 g/mol. The Morgan fingerprint density at radius 1 is 1.80 bits per heavy atom. The molecule has 1 aliphatic heterocycles. The highest BCUT2D eigenvalue weighted by Crippen LogP contribution is 1.99. The summed E-state index contributed by atoms with van der Waals surface area (Å²) in [6.45, 7) is 0.820. The van der Waals surface area contributed by atoms with Gasteiger partial charge in [0.1, 0.15) is 0 Å². The fourth-order valence-electron chi connectivity index (χ4n) is 0.628. The SMILES string of the molecule is O=C(Cl)ON1CCNC1=O. The minimum absolute atomic E-state index is 0.345. The van der Waals surface area contributed by atoms with Crippen molar-refractivity contribution in [2.75, 3.05) is 13.1 Å². The van der Waals surface area contributed by atoms with Gasteiger partial charge in [-0.2, -0.15) is 5.06 Å². The summed E-state index contributed by atoms with van der Waals surface area (Å²) in [6.07, 6.45) is 0. The van der Waals surface area contributed by atoms with Gasteiger partial charge < -0.3 is 10.2 Å². The number of rotatable bonds is 1. The van der Waals surface area contributed by atoms with Crippen LogP contribution in [0.4, 0.5) is 9.59 Å². The van der Waals surface area contributed by atoms with Crippen molar-refractivity contribution in [1.82, 2.24) is 10.4 Å². The van der Waals surface area contributed by atoms with Crippen LogP contribution in [0.3, 0.4) is 0 Å². The molecule has 56 valence electrons. The minimum atomic E-state index is -1.00. The largest absolute Gasteiger partial charge is 0.428 e. The van der Waals surface area contributed by atoms with Crippen LogP contribution in [0.15, 0.2) is 0 Å². The van der Waals surface area contributed by atoms with Crippen LogP contribution in [0.5, 0.6) is 0 Å². The fourth-order valence-corrected chi connectivity index (χ4v) is 0.711. The lowest BCUT2D eigenvalue weighted by atomic mass is 10.7. The van der Waals surface area contributed by atoms with Crippen molar-refractivity contribution in [2.45, 2.75) is 0 Å². The smallest absolute Gasteiger partial charge is 0.334 e. The number of nitrogens with zero attached hydrogens (tertiary/aromatic N) is 1. The highest BCUT2D eigenvalue weighted by atomic mass is 35.5. The van der Waals surface area contributed by atoms with Crippen LogP contribution in [0.2, 0.25) is 0 Å². The quantitative estimate of drug-likeness (QED) is 0.567. The molecular formula is C4H5ClN2O3. The Balaban J connectivity index is 2.40. The molecule has 0 spiro atoms. The van der Waals surface area contributed by atoms with Gasteiger partial charge in [-0.05, 0) is 0 Å². The lowest BCUT2D eigenvalue weighted by molar-refractivity contribution is -0.0289. The lowest BCUT2D eigenvalue weighted by Crippen LogP contribution is -2.29. The van der Waals surface area contributed by atoms with E-state index in [1.165, 1.54) is 0 Å². The van der Waals surface area contributed by atoms with Gasteiger partial charge in [0.2, 0.25) is 0 Å². The summed E-state index contributed by atoms with van der Waals surface area (Å²) in [5, 5.41) is 3.30. The van der Waals surface area contributed by atoms with Gasteiger partial charge in [0.15, 0.2) is 0 Å².